The molecule has 2 N–H and O–H groups in total. The molecule has 5 rings (SSSR count). The van der Waals surface area contributed by atoms with Gasteiger partial charge in [-0.05, 0) is 72.2 Å². The highest BCUT2D eigenvalue weighted by Gasteiger charge is 2.56. The molecular weight excluding hydrogens is 474 g/mol. The number of carbonyl (C=O) groups excluding carboxylic acids is 4. The van der Waals surface area contributed by atoms with Crippen molar-refractivity contribution in [1.82, 2.24) is 15.1 Å². The van der Waals surface area contributed by atoms with Gasteiger partial charge in [0.25, 0.3) is 5.91 Å². The molecule has 188 valence electrons. The van der Waals surface area contributed by atoms with Crippen LogP contribution in [-0.2, 0) is 39.3 Å². The highest BCUT2D eigenvalue weighted by atomic mass is 19.1. The first-order chi connectivity index (χ1) is 17.2. The van der Waals surface area contributed by atoms with E-state index in [0.717, 1.165) is 29.2 Å². The number of halogens is 2. The lowest BCUT2D eigenvalue weighted by molar-refractivity contribution is -0.139. The highest BCUT2D eigenvalue weighted by Crippen LogP contribution is 2.43. The summed E-state index contributed by atoms with van der Waals surface area (Å²) in [6, 6.07) is 6.27. The maximum absolute atomic E-state index is 14.7. The summed E-state index contributed by atoms with van der Waals surface area (Å²) < 4.78 is 32.8. The van der Waals surface area contributed by atoms with Gasteiger partial charge in [0.2, 0.25) is 5.91 Å². The molecule has 1 atom stereocenters. The Balaban J connectivity index is 1.35. The van der Waals surface area contributed by atoms with Crippen molar-refractivity contribution in [3.8, 4) is 0 Å². The van der Waals surface area contributed by atoms with Crippen LogP contribution in [0.25, 0.3) is 0 Å². The van der Waals surface area contributed by atoms with Crippen molar-refractivity contribution < 1.29 is 32.7 Å². The minimum absolute atomic E-state index is 0.0946. The fourth-order valence-electron chi connectivity index (χ4n) is 5.23. The van der Waals surface area contributed by atoms with Crippen molar-refractivity contribution in [2.45, 2.75) is 37.8 Å². The van der Waals surface area contributed by atoms with Crippen molar-refractivity contribution in [3.05, 3.63) is 64.2 Å². The Kier molecular flexibility index (Phi) is 5.85. The summed E-state index contributed by atoms with van der Waals surface area (Å²) in [4.78, 5) is 53.3. The van der Waals surface area contributed by atoms with Gasteiger partial charge in [-0.2, -0.15) is 0 Å². The summed E-state index contributed by atoms with van der Waals surface area (Å²) in [5.41, 5.74) is 0.996. The third-order valence-electron chi connectivity index (χ3n) is 7.07. The Labute approximate surface area is 205 Å². The summed E-state index contributed by atoms with van der Waals surface area (Å²) >= 11 is 0. The number of nitrogens with zero attached hydrogens (tertiary/aromatic N) is 2. The Morgan fingerprint density at radius 1 is 1.11 bits per heavy atom. The predicted molar refractivity (Wildman–Crippen MR) is 123 cm³/mol. The van der Waals surface area contributed by atoms with Crippen LogP contribution in [0, 0.1) is 11.6 Å². The van der Waals surface area contributed by atoms with Gasteiger partial charge >= 0.3 is 12.1 Å². The number of hydrogen-bond donors (Lipinski definition) is 2. The molecule has 1 aliphatic carbocycles. The summed E-state index contributed by atoms with van der Waals surface area (Å²) in [5, 5.41) is 4.96. The topological polar surface area (TPSA) is 108 Å². The third-order valence-corrected chi connectivity index (χ3v) is 7.07. The first-order valence-electron chi connectivity index (χ1n) is 11.6. The van der Waals surface area contributed by atoms with E-state index in [0.29, 0.717) is 36.9 Å². The zero-order chi connectivity index (χ0) is 25.6. The summed E-state index contributed by atoms with van der Waals surface area (Å²) in [7, 11) is 1.16. The number of methoxy groups -OCH3 is 1. The van der Waals surface area contributed by atoms with E-state index in [-0.39, 0.29) is 24.5 Å². The van der Waals surface area contributed by atoms with Gasteiger partial charge in [-0.3, -0.25) is 19.8 Å². The van der Waals surface area contributed by atoms with Crippen LogP contribution < -0.4 is 10.6 Å². The smallest absolute Gasteiger partial charge is 0.411 e. The van der Waals surface area contributed by atoms with Gasteiger partial charge < -0.3 is 15.0 Å². The first kappa shape index (κ1) is 23.7. The van der Waals surface area contributed by atoms with E-state index < -0.39 is 41.8 Å². The van der Waals surface area contributed by atoms with Gasteiger partial charge in [-0.1, -0.05) is 6.07 Å². The average Bonchev–Trinajstić information content (AvgIpc) is 3.20. The lowest BCUT2D eigenvalue weighted by Crippen LogP contribution is -2.45. The number of nitrogens with one attached hydrogen (secondary N) is 2. The predicted octanol–water partition coefficient (Wildman–Crippen LogP) is 2.81. The second-order valence-electron chi connectivity index (χ2n) is 9.16. The number of carbonyl (C=O) groups is 4. The molecule has 5 amide bonds. The van der Waals surface area contributed by atoms with Gasteiger partial charge in [0, 0.05) is 13.1 Å². The molecule has 2 aliphatic heterocycles. The Hall–Kier alpha value is -4.02. The van der Waals surface area contributed by atoms with E-state index in [2.05, 4.69) is 15.4 Å². The minimum atomic E-state index is -1.47. The summed E-state index contributed by atoms with van der Waals surface area (Å²) in [6.45, 7) is 0.212. The second kappa shape index (κ2) is 8.89. The average molecular weight is 498 g/mol. The molecule has 1 unspecified atom stereocenters. The van der Waals surface area contributed by atoms with Crippen LogP contribution in [0.3, 0.4) is 0 Å². The Bertz CT molecular complexity index is 1300. The molecule has 0 bridgehead atoms. The van der Waals surface area contributed by atoms with E-state index in [1.807, 2.05) is 0 Å². The zero-order valence-corrected chi connectivity index (χ0v) is 19.5. The highest BCUT2D eigenvalue weighted by molar-refractivity contribution is 6.10. The number of ether oxygens (including phenoxy) is 1. The number of urea groups is 1. The number of benzene rings is 2. The maximum atomic E-state index is 14.7. The van der Waals surface area contributed by atoms with Crippen LogP contribution in [0.15, 0.2) is 30.3 Å². The molecule has 1 saturated heterocycles. The van der Waals surface area contributed by atoms with Gasteiger partial charge in [-0.15, -0.1) is 0 Å². The van der Waals surface area contributed by atoms with Crippen molar-refractivity contribution in [2.24, 2.45) is 0 Å². The van der Waals surface area contributed by atoms with E-state index in [4.69, 9.17) is 0 Å². The van der Waals surface area contributed by atoms with Crippen LogP contribution in [0.1, 0.15) is 35.1 Å². The molecular formula is C25H24F2N4O5. The molecule has 1 spiro atoms. The zero-order valence-electron chi connectivity index (χ0n) is 19.5. The van der Waals surface area contributed by atoms with Crippen molar-refractivity contribution in [1.29, 1.82) is 0 Å². The van der Waals surface area contributed by atoms with Gasteiger partial charge in [0.15, 0.2) is 0 Å². The van der Waals surface area contributed by atoms with E-state index in [1.54, 1.807) is 11.0 Å². The fourth-order valence-corrected chi connectivity index (χ4v) is 5.23. The van der Waals surface area contributed by atoms with Crippen LogP contribution in [0.2, 0.25) is 0 Å². The summed E-state index contributed by atoms with van der Waals surface area (Å²) in [6.07, 6.45) is 0.969. The van der Waals surface area contributed by atoms with Gasteiger partial charge in [0.1, 0.15) is 23.7 Å². The maximum Gasteiger partial charge on any atom is 0.411 e. The molecule has 3 aliphatic rings. The van der Waals surface area contributed by atoms with Crippen LogP contribution in [-0.4, -0.2) is 53.9 Å². The van der Waals surface area contributed by atoms with Crippen LogP contribution in [0.5, 0.6) is 0 Å². The van der Waals surface area contributed by atoms with E-state index in [1.165, 1.54) is 18.2 Å². The van der Waals surface area contributed by atoms with Crippen LogP contribution >= 0.6 is 0 Å². The SMILES string of the molecule is COC(=O)Nc1cc2c(cc1F)C1(CC2)NC(=O)N(CC(=O)N2CCCc3cc(F)ccc3C2)C1=O. The molecule has 0 radical (unpaired) electrons. The molecule has 36 heavy (non-hydrogen) atoms. The van der Waals surface area contributed by atoms with Gasteiger partial charge in [-0.25, -0.2) is 18.4 Å². The standard InChI is InChI=1S/C25H24F2N4O5/c1-36-24(35)28-20-10-15-6-7-25(18(15)11-19(20)27)22(33)31(23(34)29-25)13-21(32)30-8-2-3-14-9-17(26)5-4-16(14)12-30/h4-5,9-11H,2-3,6-8,12-13H2,1H3,(H,28,35)(H,29,34). The molecule has 2 aromatic carbocycles. The van der Waals surface area contributed by atoms with Crippen molar-refractivity contribution in [2.75, 3.05) is 25.5 Å². The molecule has 2 heterocycles. The van der Waals surface area contributed by atoms with E-state index in [9.17, 15) is 28.0 Å². The molecule has 2 aromatic rings. The van der Waals surface area contributed by atoms with E-state index >= 15 is 0 Å². The molecule has 1 fully saturated rings. The Morgan fingerprint density at radius 3 is 2.69 bits per heavy atom. The summed E-state index contributed by atoms with van der Waals surface area (Å²) in [5.74, 6) is -2.14. The first-order valence-corrected chi connectivity index (χ1v) is 11.6. The normalized spacial score (nSPS) is 20.6. The number of hydrogen-bond acceptors (Lipinski definition) is 5. The minimum Gasteiger partial charge on any atom is -0.453 e. The Morgan fingerprint density at radius 2 is 1.92 bits per heavy atom. The van der Waals surface area contributed by atoms with Crippen molar-refractivity contribution in [3.63, 3.8) is 0 Å². The quantitative estimate of drug-likeness (QED) is 0.633. The van der Waals surface area contributed by atoms with Crippen molar-refractivity contribution >= 4 is 29.6 Å². The third kappa shape index (κ3) is 3.94. The lowest BCUT2D eigenvalue weighted by Gasteiger charge is -2.25. The number of aryl methyl sites for hydroxylation is 2. The second-order valence-corrected chi connectivity index (χ2v) is 9.16. The lowest BCUT2D eigenvalue weighted by atomic mass is 9.91. The number of imide groups is 1. The largest absolute Gasteiger partial charge is 0.453 e. The number of anilines is 1. The van der Waals surface area contributed by atoms with Gasteiger partial charge in [0.05, 0.1) is 12.8 Å². The molecule has 0 aromatic heterocycles. The number of amides is 5. The fraction of sp³-hybridized carbons (Fsp3) is 0.360. The monoisotopic (exact) mass is 498 g/mol. The molecule has 9 nitrogen and oxygen atoms in total. The number of rotatable bonds is 3. The number of fused-ring (bicyclic) bond motifs is 3. The molecule has 0 saturated carbocycles. The van der Waals surface area contributed by atoms with Crippen LogP contribution in [0.4, 0.5) is 24.1 Å². The molecule has 11 heteroatoms.